The van der Waals surface area contributed by atoms with E-state index in [1.807, 2.05) is 32.0 Å². The summed E-state index contributed by atoms with van der Waals surface area (Å²) in [6.45, 7) is 3.70. The molecule has 1 fully saturated rings. The Kier molecular flexibility index (Phi) is 8.05. The highest BCUT2D eigenvalue weighted by atomic mass is 79.9. The van der Waals surface area contributed by atoms with Crippen LogP contribution in [0.15, 0.2) is 39.9 Å². The van der Waals surface area contributed by atoms with E-state index in [0.29, 0.717) is 27.2 Å². The lowest BCUT2D eigenvalue weighted by Gasteiger charge is -2.14. The molecule has 0 heterocycles. The van der Waals surface area contributed by atoms with Gasteiger partial charge in [0.05, 0.1) is 17.8 Å². The first kappa shape index (κ1) is 24.2. The number of hydrogen-bond donors (Lipinski definition) is 3. The molecule has 33 heavy (non-hydrogen) atoms. The van der Waals surface area contributed by atoms with Crippen molar-refractivity contribution in [1.29, 1.82) is 0 Å². The van der Waals surface area contributed by atoms with Gasteiger partial charge >= 0.3 is 11.8 Å². The third-order valence-corrected chi connectivity index (χ3v) is 5.19. The Morgan fingerprint density at radius 1 is 1.09 bits per heavy atom. The number of hydrogen-bond acceptors (Lipinski definition) is 6. The van der Waals surface area contributed by atoms with Gasteiger partial charge in [0.15, 0.2) is 18.1 Å². The van der Waals surface area contributed by atoms with Crippen molar-refractivity contribution in [2.75, 3.05) is 19.0 Å². The highest BCUT2D eigenvalue weighted by Crippen LogP contribution is 2.36. The first-order valence-corrected chi connectivity index (χ1v) is 11.1. The molecule has 1 aliphatic carbocycles. The van der Waals surface area contributed by atoms with Crippen molar-refractivity contribution in [1.82, 2.24) is 10.7 Å². The van der Waals surface area contributed by atoms with Crippen LogP contribution in [0.25, 0.3) is 0 Å². The lowest BCUT2D eigenvalue weighted by molar-refractivity contribution is -0.139. The number of nitrogens with zero attached hydrogens (tertiary/aromatic N) is 1. The summed E-state index contributed by atoms with van der Waals surface area (Å²) in [4.78, 5) is 35.7. The van der Waals surface area contributed by atoms with Crippen LogP contribution in [0.5, 0.6) is 11.5 Å². The van der Waals surface area contributed by atoms with Gasteiger partial charge in [-0.1, -0.05) is 6.07 Å². The van der Waals surface area contributed by atoms with Crippen molar-refractivity contribution in [2.45, 2.75) is 32.7 Å². The number of rotatable bonds is 8. The lowest BCUT2D eigenvalue weighted by Crippen LogP contribution is -2.38. The molecule has 0 atom stereocenters. The summed E-state index contributed by atoms with van der Waals surface area (Å²) >= 11 is 3.40. The number of benzene rings is 2. The van der Waals surface area contributed by atoms with Crippen LogP contribution >= 0.6 is 15.9 Å². The number of anilines is 1. The number of carbonyl (C=O) groups excluding carboxylic acids is 3. The normalized spacial score (nSPS) is 12.8. The van der Waals surface area contributed by atoms with Gasteiger partial charge in [-0.15, -0.1) is 0 Å². The second kappa shape index (κ2) is 11.0. The van der Waals surface area contributed by atoms with Gasteiger partial charge in [0.2, 0.25) is 0 Å². The van der Waals surface area contributed by atoms with Crippen molar-refractivity contribution in [3.8, 4) is 11.5 Å². The molecular weight excluding hydrogens is 492 g/mol. The number of methoxy groups -OCH3 is 1. The zero-order chi connectivity index (χ0) is 24.0. The Balaban J connectivity index is 1.59. The third kappa shape index (κ3) is 7.31. The van der Waals surface area contributed by atoms with Gasteiger partial charge in [-0.05, 0) is 83.6 Å². The molecule has 0 unspecified atom stereocenters. The van der Waals surface area contributed by atoms with E-state index in [4.69, 9.17) is 9.47 Å². The van der Waals surface area contributed by atoms with Gasteiger partial charge in [-0.25, -0.2) is 5.43 Å². The van der Waals surface area contributed by atoms with Gasteiger partial charge in [0.1, 0.15) is 0 Å². The minimum absolute atomic E-state index is 0.0861. The maximum absolute atomic E-state index is 12.3. The SMILES string of the molecule is COc1cc(/C=N\NC(=O)C(=O)NC2CC2)cc(Br)c1OCC(=O)Nc1cc(C)cc(C)c1. The summed E-state index contributed by atoms with van der Waals surface area (Å²) < 4.78 is 11.6. The van der Waals surface area contributed by atoms with Crippen molar-refractivity contribution < 1.29 is 23.9 Å². The quantitative estimate of drug-likeness (QED) is 0.283. The van der Waals surface area contributed by atoms with E-state index in [1.165, 1.54) is 13.3 Å². The van der Waals surface area contributed by atoms with Gasteiger partial charge < -0.3 is 20.1 Å². The third-order valence-electron chi connectivity index (χ3n) is 4.60. The van der Waals surface area contributed by atoms with E-state index < -0.39 is 11.8 Å². The molecule has 1 aliphatic rings. The Morgan fingerprint density at radius 2 is 1.79 bits per heavy atom. The van der Waals surface area contributed by atoms with E-state index in [0.717, 1.165) is 24.0 Å². The fourth-order valence-electron chi connectivity index (χ4n) is 3.03. The fourth-order valence-corrected chi connectivity index (χ4v) is 3.61. The first-order chi connectivity index (χ1) is 15.7. The summed E-state index contributed by atoms with van der Waals surface area (Å²) in [5, 5.41) is 9.20. The molecule has 3 rings (SSSR count). The molecule has 174 valence electrons. The predicted molar refractivity (Wildman–Crippen MR) is 128 cm³/mol. The van der Waals surface area contributed by atoms with Crippen LogP contribution in [0.1, 0.15) is 29.5 Å². The summed E-state index contributed by atoms with van der Waals surface area (Å²) in [6, 6.07) is 9.17. The van der Waals surface area contributed by atoms with Crippen molar-refractivity contribution >= 4 is 45.6 Å². The van der Waals surface area contributed by atoms with Crippen molar-refractivity contribution in [3.05, 3.63) is 51.5 Å². The summed E-state index contributed by atoms with van der Waals surface area (Å²) in [5.41, 5.74) is 5.56. The average Bonchev–Trinajstić information content (AvgIpc) is 3.55. The molecule has 3 N–H and O–H groups in total. The monoisotopic (exact) mass is 516 g/mol. The number of hydrazone groups is 1. The molecule has 0 aliphatic heterocycles. The van der Waals surface area contributed by atoms with Gasteiger partial charge in [0, 0.05) is 11.7 Å². The van der Waals surface area contributed by atoms with E-state index in [-0.39, 0.29) is 18.6 Å². The van der Waals surface area contributed by atoms with Crippen LogP contribution in [0.2, 0.25) is 0 Å². The molecule has 2 aromatic carbocycles. The predicted octanol–water partition coefficient (Wildman–Crippen LogP) is 2.82. The van der Waals surface area contributed by atoms with Crippen LogP contribution in [-0.4, -0.2) is 43.7 Å². The van der Waals surface area contributed by atoms with Crippen molar-refractivity contribution in [2.24, 2.45) is 5.10 Å². The molecule has 0 saturated heterocycles. The molecule has 3 amide bonds. The maximum Gasteiger partial charge on any atom is 0.329 e. The van der Waals surface area contributed by atoms with Crippen molar-refractivity contribution in [3.63, 3.8) is 0 Å². The topological polar surface area (TPSA) is 118 Å². The number of amides is 3. The van der Waals surface area contributed by atoms with Gasteiger partial charge in [-0.3, -0.25) is 14.4 Å². The molecule has 0 bridgehead atoms. The summed E-state index contributed by atoms with van der Waals surface area (Å²) in [7, 11) is 1.47. The molecule has 0 spiro atoms. The molecular formula is C23H25BrN4O5. The van der Waals surface area contributed by atoms with Crippen LogP contribution in [0.4, 0.5) is 5.69 Å². The lowest BCUT2D eigenvalue weighted by atomic mass is 10.1. The zero-order valence-corrected chi connectivity index (χ0v) is 20.1. The van der Waals surface area contributed by atoms with Gasteiger partial charge in [0.25, 0.3) is 5.91 Å². The number of aryl methyl sites for hydroxylation is 2. The minimum Gasteiger partial charge on any atom is -0.493 e. The molecule has 0 aromatic heterocycles. The number of nitrogens with one attached hydrogen (secondary N) is 3. The fraction of sp³-hybridized carbons (Fsp3) is 0.304. The average molecular weight is 517 g/mol. The van der Waals surface area contributed by atoms with E-state index in [9.17, 15) is 14.4 Å². The maximum atomic E-state index is 12.3. The largest absolute Gasteiger partial charge is 0.493 e. The number of ether oxygens (including phenoxy) is 2. The number of carbonyl (C=O) groups is 3. The minimum atomic E-state index is -0.834. The van der Waals surface area contributed by atoms with Gasteiger partial charge in [-0.2, -0.15) is 5.10 Å². The van der Waals surface area contributed by atoms with Crippen LogP contribution in [0, 0.1) is 13.8 Å². The highest BCUT2D eigenvalue weighted by Gasteiger charge is 2.26. The molecule has 1 saturated carbocycles. The highest BCUT2D eigenvalue weighted by molar-refractivity contribution is 9.10. The molecule has 9 nitrogen and oxygen atoms in total. The summed E-state index contributed by atoms with van der Waals surface area (Å²) in [6.07, 6.45) is 3.14. The van der Waals surface area contributed by atoms with E-state index >= 15 is 0 Å². The standard InChI is InChI=1S/C23H25BrN4O5/c1-13-6-14(2)8-17(7-13)26-20(29)12-33-21-18(24)9-15(10-19(21)32-3)11-25-28-23(31)22(30)27-16-4-5-16/h6-11,16H,4-5,12H2,1-3H3,(H,26,29)(H,27,30)(H,28,31)/b25-11-. The van der Waals surface area contributed by atoms with Crippen LogP contribution in [-0.2, 0) is 14.4 Å². The van der Waals surface area contributed by atoms with Crippen LogP contribution < -0.4 is 25.5 Å². The second-order valence-electron chi connectivity index (χ2n) is 7.69. The van der Waals surface area contributed by atoms with Crippen LogP contribution in [0.3, 0.4) is 0 Å². The zero-order valence-electron chi connectivity index (χ0n) is 18.5. The summed E-state index contributed by atoms with van der Waals surface area (Å²) in [5.74, 6) is -1.15. The van der Waals surface area contributed by atoms with E-state index in [1.54, 1.807) is 12.1 Å². The Hall–Kier alpha value is -3.40. The molecule has 10 heteroatoms. The van der Waals surface area contributed by atoms with E-state index in [2.05, 4.69) is 37.1 Å². The Labute approximate surface area is 200 Å². The molecule has 0 radical (unpaired) electrons. The second-order valence-corrected chi connectivity index (χ2v) is 8.55. The Bertz CT molecular complexity index is 1080. The Morgan fingerprint density at radius 3 is 2.42 bits per heavy atom. The number of halogens is 1. The molecule has 2 aromatic rings. The first-order valence-electron chi connectivity index (χ1n) is 10.3. The smallest absolute Gasteiger partial charge is 0.329 e.